The van der Waals surface area contributed by atoms with Gasteiger partial charge in [0, 0.05) is 41.9 Å². The van der Waals surface area contributed by atoms with Crippen molar-refractivity contribution < 1.29 is 5.76 Å². The molecule has 11 heteroatoms. The minimum absolute atomic E-state index is 0.226. The average molecular weight is 565 g/mol. The van der Waals surface area contributed by atoms with Gasteiger partial charge in [0.05, 0.1) is 58.1 Å². The third-order valence-corrected chi connectivity index (χ3v) is 6.72. The molecule has 0 aliphatic carbocycles. The molecule has 4 N–H and O–H groups in total. The predicted molar refractivity (Wildman–Crippen MR) is 158 cm³/mol. The Morgan fingerprint density at radius 1 is 1.07 bits per heavy atom. The lowest BCUT2D eigenvalue weighted by Gasteiger charge is -2.22. The number of rotatable bonds is 7. The molecule has 5 aromatic rings. The topological polar surface area (TPSA) is 114 Å². The molecule has 0 bridgehead atoms. The Morgan fingerprint density at radius 3 is 2.68 bits per heavy atom. The van der Waals surface area contributed by atoms with Crippen LogP contribution in [0.25, 0.3) is 10.9 Å². The van der Waals surface area contributed by atoms with Gasteiger partial charge in [-0.2, -0.15) is 5.26 Å². The van der Waals surface area contributed by atoms with E-state index in [1.807, 2.05) is 30.3 Å². The van der Waals surface area contributed by atoms with E-state index in [1.54, 1.807) is 54.8 Å². The van der Waals surface area contributed by atoms with Crippen LogP contribution in [-0.4, -0.2) is 15.0 Å². The van der Waals surface area contributed by atoms with Gasteiger partial charge < -0.3 is 16.1 Å². The highest BCUT2D eigenvalue weighted by molar-refractivity contribution is 6.36. The van der Waals surface area contributed by atoms with Gasteiger partial charge in [-0.25, -0.2) is 4.39 Å². The van der Waals surface area contributed by atoms with E-state index in [1.165, 1.54) is 18.5 Å². The number of para-hydroxylation sites is 1. The highest BCUT2D eigenvalue weighted by Gasteiger charge is 2.24. The van der Waals surface area contributed by atoms with Crippen LogP contribution in [0.3, 0.4) is 0 Å². The molecule has 2 aromatic carbocycles. The molecule has 0 fully saturated rings. The van der Waals surface area contributed by atoms with Crippen molar-refractivity contribution in [1.82, 2.24) is 25.9 Å². The Labute approximate surface area is 241 Å². The van der Waals surface area contributed by atoms with Crippen molar-refractivity contribution >= 4 is 45.3 Å². The maximum Gasteiger partial charge on any atom is 0.146 e. The van der Waals surface area contributed by atoms with Gasteiger partial charge >= 0.3 is 0 Å². The number of aryl methyl sites for hydroxylation is 1. The third kappa shape index (κ3) is 5.32. The van der Waals surface area contributed by atoms with Gasteiger partial charge in [-0.15, -0.1) is 5.53 Å². The van der Waals surface area contributed by atoms with E-state index in [2.05, 4.69) is 42.6 Å². The summed E-state index contributed by atoms with van der Waals surface area (Å²) in [7, 11) is 0. The minimum Gasteiger partial charge on any atom is -0.373 e. The Bertz CT molecular complexity index is 1860. The summed E-state index contributed by atoms with van der Waals surface area (Å²) in [4.78, 5) is 12.7. The van der Waals surface area contributed by atoms with Crippen LogP contribution >= 0.6 is 11.6 Å². The first-order valence-electron chi connectivity index (χ1n) is 13.0. The second-order valence-corrected chi connectivity index (χ2v) is 9.56. The zero-order chi connectivity index (χ0) is 29.3. The molecule has 1 aliphatic rings. The number of fused-ring (bicyclic) bond motifs is 1. The van der Waals surface area contributed by atoms with E-state index in [4.69, 9.17) is 11.6 Å². The van der Waals surface area contributed by atoms with Crippen molar-refractivity contribution in [3.05, 3.63) is 125 Å². The predicted octanol–water partition coefficient (Wildman–Crippen LogP) is 6.27. The fraction of sp³-hybridized carbons (Fsp3) is 0.0667. The molecule has 9 nitrogen and oxygen atoms in total. The Hall–Kier alpha value is -5.24. The van der Waals surface area contributed by atoms with Crippen molar-refractivity contribution in [3.63, 3.8) is 0 Å². The smallest absolute Gasteiger partial charge is 0.146 e. The lowest BCUT2D eigenvalue weighted by molar-refractivity contribution is 0.610. The Morgan fingerprint density at radius 2 is 1.93 bits per heavy atom. The number of nitrogens with one attached hydrogen (secondary N) is 4. The zero-order valence-corrected chi connectivity index (χ0v) is 22.4. The lowest BCUT2D eigenvalue weighted by atomic mass is 10.0. The van der Waals surface area contributed by atoms with Crippen LogP contribution < -0.4 is 26.6 Å². The molecule has 0 spiro atoms. The molecule has 1 aliphatic heterocycles. The van der Waals surface area contributed by atoms with Gasteiger partial charge in [0.15, 0.2) is 0 Å². The number of nitriles is 1. The van der Waals surface area contributed by atoms with Gasteiger partial charge in [-0.1, -0.05) is 35.9 Å². The van der Waals surface area contributed by atoms with Crippen molar-refractivity contribution in [2.45, 2.75) is 12.9 Å². The van der Waals surface area contributed by atoms with E-state index in [0.717, 1.165) is 5.69 Å². The fourth-order valence-electron chi connectivity index (χ4n) is 4.39. The van der Waals surface area contributed by atoms with Crippen molar-refractivity contribution in [2.75, 3.05) is 15.6 Å². The Kier molecular flexibility index (Phi) is 6.70. The summed E-state index contributed by atoms with van der Waals surface area (Å²) in [5.74, 6) is -0.483. The fourth-order valence-corrected chi connectivity index (χ4v) is 4.66. The van der Waals surface area contributed by atoms with Gasteiger partial charge in [0.1, 0.15) is 11.9 Å². The highest BCUT2D eigenvalue weighted by atomic mass is 35.5. The molecule has 4 heterocycles. The SMILES string of the molecule is [2H][C@](Nc1cc(Cl)c2ncc(C#N)c(Nc3cnc(C)c(F)c3)c2c1)(C1=CN(c2ccccc2)NN1)c1cccnc1. The van der Waals surface area contributed by atoms with Crippen LogP contribution in [0.15, 0.2) is 97.3 Å². The van der Waals surface area contributed by atoms with Crippen LogP contribution in [0, 0.1) is 24.1 Å². The van der Waals surface area contributed by atoms with Gasteiger partial charge in [0.25, 0.3) is 0 Å². The lowest BCUT2D eigenvalue weighted by Crippen LogP contribution is -2.37. The van der Waals surface area contributed by atoms with Crippen LogP contribution in [0.2, 0.25) is 5.02 Å². The van der Waals surface area contributed by atoms with E-state index in [9.17, 15) is 11.0 Å². The molecule has 202 valence electrons. The number of aromatic nitrogens is 3. The number of hydrogen-bond donors (Lipinski definition) is 4. The van der Waals surface area contributed by atoms with Crippen LogP contribution in [0.1, 0.15) is 24.2 Å². The summed E-state index contributed by atoms with van der Waals surface area (Å²) >= 11 is 6.71. The summed E-state index contributed by atoms with van der Waals surface area (Å²) < 4.78 is 23.9. The molecule has 0 radical (unpaired) electrons. The second-order valence-electron chi connectivity index (χ2n) is 9.16. The minimum atomic E-state index is -1.56. The monoisotopic (exact) mass is 564 g/mol. The number of anilines is 4. The summed E-state index contributed by atoms with van der Waals surface area (Å²) in [6.45, 7) is 1.57. The van der Waals surface area contributed by atoms with Crippen LogP contribution in [-0.2, 0) is 0 Å². The normalized spacial score (nSPS) is 14.4. The summed E-state index contributed by atoms with van der Waals surface area (Å²) in [5.41, 5.74) is 10.2. The average Bonchev–Trinajstić information content (AvgIpc) is 3.52. The summed E-state index contributed by atoms with van der Waals surface area (Å²) in [6.07, 6.45) is 7.92. The van der Waals surface area contributed by atoms with E-state index >= 15 is 0 Å². The molecule has 0 saturated heterocycles. The van der Waals surface area contributed by atoms with Crippen molar-refractivity contribution in [2.24, 2.45) is 0 Å². The summed E-state index contributed by atoms with van der Waals surface area (Å²) in [5, 5.41) is 18.8. The van der Waals surface area contributed by atoms with Gasteiger partial charge in [0.2, 0.25) is 0 Å². The first-order chi connectivity index (χ1) is 20.4. The van der Waals surface area contributed by atoms with E-state index in [0.29, 0.717) is 44.2 Å². The summed E-state index contributed by atoms with van der Waals surface area (Å²) in [6, 6.07) is 18.5. The maximum absolute atomic E-state index is 14.3. The second kappa shape index (κ2) is 11.1. The maximum atomic E-state index is 14.3. The standard InChI is InChI=1S/C30H23ClFN9/c1-18-26(32)12-22(16-35-18)38-28-20(13-33)15-36-30-24(28)10-21(11-25(30)31)37-29(19-6-5-9-34-14-19)27-17-41(40-39-27)23-7-3-2-4-8-23/h2-12,14-17,29,37,39-40H,1H3,(H,36,38)/t29-/m1/s1/i29D. The van der Waals surface area contributed by atoms with Crippen LogP contribution in [0.4, 0.5) is 27.1 Å². The number of pyridine rings is 3. The molecular weight excluding hydrogens is 541 g/mol. The van der Waals surface area contributed by atoms with Crippen molar-refractivity contribution in [1.29, 1.82) is 5.26 Å². The molecule has 0 amide bonds. The molecule has 6 rings (SSSR count). The number of halogens is 2. The van der Waals surface area contributed by atoms with E-state index in [-0.39, 0.29) is 11.3 Å². The van der Waals surface area contributed by atoms with Crippen molar-refractivity contribution in [3.8, 4) is 6.07 Å². The van der Waals surface area contributed by atoms with E-state index < -0.39 is 11.8 Å². The van der Waals surface area contributed by atoms with Gasteiger partial charge in [-0.05, 0) is 42.8 Å². The number of benzene rings is 2. The molecule has 3 aromatic heterocycles. The molecule has 0 saturated carbocycles. The number of hydrazine groups is 2. The number of nitrogens with zero attached hydrogens (tertiary/aromatic N) is 5. The molecule has 1 atom stereocenters. The first kappa shape index (κ1) is 24.8. The largest absolute Gasteiger partial charge is 0.373 e. The third-order valence-electron chi connectivity index (χ3n) is 6.43. The molecular formula is C30H23ClFN9. The zero-order valence-electron chi connectivity index (χ0n) is 22.7. The van der Waals surface area contributed by atoms with Crippen LogP contribution in [0.5, 0.6) is 0 Å². The Balaban J connectivity index is 1.45. The van der Waals surface area contributed by atoms with Gasteiger partial charge in [-0.3, -0.25) is 20.0 Å². The number of hydrogen-bond acceptors (Lipinski definition) is 9. The highest BCUT2D eigenvalue weighted by Crippen LogP contribution is 2.37. The first-order valence-corrected chi connectivity index (χ1v) is 12.9. The molecule has 41 heavy (non-hydrogen) atoms. The quantitative estimate of drug-likeness (QED) is 0.182. The molecule has 0 unspecified atom stereocenters.